The van der Waals surface area contributed by atoms with Crippen LogP contribution in [0.3, 0.4) is 0 Å². The molecule has 1 spiro atoms. The van der Waals surface area contributed by atoms with Gasteiger partial charge in [0.1, 0.15) is 12.2 Å². The van der Waals surface area contributed by atoms with Gasteiger partial charge in [-0.05, 0) is 13.8 Å². The Morgan fingerprint density at radius 3 is 1.69 bits per heavy atom. The first-order valence-electron chi connectivity index (χ1n) is 4.47. The Morgan fingerprint density at radius 1 is 1.08 bits per heavy atom. The highest BCUT2D eigenvalue weighted by Crippen LogP contribution is 2.44. The fraction of sp³-hybridized carbons (Fsp3) is 0.778. The Bertz CT molecular complexity index is 243. The van der Waals surface area contributed by atoms with Crippen molar-refractivity contribution in [2.45, 2.75) is 38.9 Å². The second kappa shape index (κ2) is 2.47. The van der Waals surface area contributed by atoms with Crippen LogP contribution in [0.15, 0.2) is 0 Å². The number of carbonyl (C=O) groups excluding carboxylic acids is 2. The summed E-state index contributed by atoms with van der Waals surface area (Å²) in [6.45, 7) is 3.59. The Balaban J connectivity index is 2.30. The summed E-state index contributed by atoms with van der Waals surface area (Å²) in [5.74, 6) is -0.816. The van der Waals surface area contributed by atoms with E-state index in [4.69, 9.17) is 9.47 Å². The standard InChI is InChI=1S/C9H12O4/c1-5-3-9(7(10)12-5)4-6(2)13-8(9)11/h5-6H,3-4H2,1-2H3/t5-,6-,9?/m1/s1. The van der Waals surface area contributed by atoms with Crippen LogP contribution in [-0.4, -0.2) is 24.1 Å². The number of ether oxygens (including phenoxy) is 2. The molecule has 2 rings (SSSR count). The zero-order valence-electron chi connectivity index (χ0n) is 7.70. The first-order valence-corrected chi connectivity index (χ1v) is 4.47. The SMILES string of the molecule is C[C@@H]1CC2(C[C@@H](C)OC2=O)C(=O)O1. The molecule has 2 atom stereocenters. The zero-order chi connectivity index (χ0) is 9.64. The van der Waals surface area contributed by atoms with E-state index < -0.39 is 17.4 Å². The first kappa shape index (κ1) is 8.53. The van der Waals surface area contributed by atoms with Crippen LogP contribution in [-0.2, 0) is 19.1 Å². The molecule has 72 valence electrons. The van der Waals surface area contributed by atoms with Gasteiger partial charge in [-0.3, -0.25) is 9.59 Å². The highest BCUT2D eigenvalue weighted by Gasteiger charge is 2.59. The minimum absolute atomic E-state index is 0.162. The van der Waals surface area contributed by atoms with Crippen molar-refractivity contribution in [2.75, 3.05) is 0 Å². The van der Waals surface area contributed by atoms with Gasteiger partial charge in [-0.25, -0.2) is 0 Å². The number of cyclic esters (lactones) is 2. The molecule has 0 aromatic rings. The molecule has 2 fully saturated rings. The van der Waals surface area contributed by atoms with Crippen LogP contribution in [0.25, 0.3) is 0 Å². The van der Waals surface area contributed by atoms with E-state index >= 15 is 0 Å². The van der Waals surface area contributed by atoms with E-state index in [0.29, 0.717) is 12.8 Å². The molecule has 0 N–H and O–H groups in total. The molecule has 4 heteroatoms. The Morgan fingerprint density at radius 2 is 1.46 bits per heavy atom. The quantitative estimate of drug-likeness (QED) is 0.409. The van der Waals surface area contributed by atoms with Crippen molar-refractivity contribution in [3.63, 3.8) is 0 Å². The summed E-state index contributed by atoms with van der Waals surface area (Å²) in [6.07, 6.45) is 0.611. The molecule has 0 aromatic heterocycles. The molecule has 0 amide bonds. The monoisotopic (exact) mass is 184 g/mol. The van der Waals surface area contributed by atoms with Crippen molar-refractivity contribution in [1.29, 1.82) is 0 Å². The Hall–Kier alpha value is -1.06. The average molecular weight is 184 g/mol. The molecule has 13 heavy (non-hydrogen) atoms. The van der Waals surface area contributed by atoms with E-state index in [1.807, 2.05) is 0 Å². The Labute approximate surface area is 76.2 Å². The van der Waals surface area contributed by atoms with Gasteiger partial charge in [0.2, 0.25) is 0 Å². The number of hydrogen-bond acceptors (Lipinski definition) is 4. The lowest BCUT2D eigenvalue weighted by Crippen LogP contribution is -2.31. The van der Waals surface area contributed by atoms with Gasteiger partial charge in [0.05, 0.1) is 0 Å². The van der Waals surface area contributed by atoms with Crippen LogP contribution in [0.5, 0.6) is 0 Å². The van der Waals surface area contributed by atoms with Crippen LogP contribution in [0.2, 0.25) is 0 Å². The number of carbonyl (C=O) groups is 2. The highest BCUT2D eigenvalue weighted by molar-refractivity contribution is 6.02. The van der Waals surface area contributed by atoms with E-state index in [-0.39, 0.29) is 12.2 Å². The second-order valence-corrected chi connectivity index (χ2v) is 3.92. The van der Waals surface area contributed by atoms with E-state index in [0.717, 1.165) is 0 Å². The molecule has 0 radical (unpaired) electrons. The molecule has 2 aliphatic rings. The molecule has 0 bridgehead atoms. The maximum atomic E-state index is 11.4. The number of hydrogen-bond donors (Lipinski definition) is 0. The van der Waals surface area contributed by atoms with Crippen molar-refractivity contribution >= 4 is 11.9 Å². The summed E-state index contributed by atoms with van der Waals surface area (Å²) in [4.78, 5) is 22.9. The van der Waals surface area contributed by atoms with Gasteiger partial charge in [-0.2, -0.15) is 0 Å². The lowest BCUT2D eigenvalue weighted by molar-refractivity contribution is -0.158. The number of rotatable bonds is 0. The van der Waals surface area contributed by atoms with Gasteiger partial charge in [0.25, 0.3) is 0 Å². The maximum absolute atomic E-state index is 11.4. The number of esters is 2. The third-order valence-corrected chi connectivity index (χ3v) is 2.67. The predicted molar refractivity (Wildman–Crippen MR) is 42.8 cm³/mol. The Kier molecular flexibility index (Phi) is 1.62. The summed E-state index contributed by atoms with van der Waals surface area (Å²) in [5.41, 5.74) is -0.973. The molecular formula is C9H12O4. The van der Waals surface area contributed by atoms with Crippen LogP contribution in [0.4, 0.5) is 0 Å². The van der Waals surface area contributed by atoms with E-state index in [1.165, 1.54) is 0 Å². The highest BCUT2D eigenvalue weighted by atomic mass is 16.6. The molecule has 2 heterocycles. The van der Waals surface area contributed by atoms with Crippen molar-refractivity contribution in [3.8, 4) is 0 Å². The van der Waals surface area contributed by atoms with Gasteiger partial charge in [0, 0.05) is 12.8 Å². The third kappa shape index (κ3) is 1.04. The van der Waals surface area contributed by atoms with Gasteiger partial charge in [-0.1, -0.05) is 0 Å². The van der Waals surface area contributed by atoms with E-state index in [1.54, 1.807) is 13.8 Å². The molecule has 0 aromatic carbocycles. The van der Waals surface area contributed by atoms with Crippen molar-refractivity contribution < 1.29 is 19.1 Å². The summed E-state index contributed by atoms with van der Waals surface area (Å²) in [7, 11) is 0. The van der Waals surface area contributed by atoms with Crippen molar-refractivity contribution in [3.05, 3.63) is 0 Å². The summed E-state index contributed by atoms with van der Waals surface area (Å²) in [5, 5.41) is 0. The minimum Gasteiger partial charge on any atom is -0.462 e. The molecule has 0 unspecified atom stereocenters. The maximum Gasteiger partial charge on any atom is 0.324 e. The summed E-state index contributed by atoms with van der Waals surface area (Å²) in [6, 6.07) is 0. The van der Waals surface area contributed by atoms with Gasteiger partial charge in [-0.15, -0.1) is 0 Å². The van der Waals surface area contributed by atoms with E-state index in [9.17, 15) is 9.59 Å². The van der Waals surface area contributed by atoms with Crippen LogP contribution >= 0.6 is 0 Å². The molecule has 0 saturated carbocycles. The largest absolute Gasteiger partial charge is 0.462 e. The van der Waals surface area contributed by atoms with Crippen LogP contribution in [0, 0.1) is 5.41 Å². The molecule has 4 nitrogen and oxygen atoms in total. The summed E-state index contributed by atoms with van der Waals surface area (Å²) < 4.78 is 9.96. The van der Waals surface area contributed by atoms with Crippen molar-refractivity contribution in [1.82, 2.24) is 0 Å². The molecule has 2 aliphatic heterocycles. The van der Waals surface area contributed by atoms with Crippen LogP contribution < -0.4 is 0 Å². The lowest BCUT2D eigenvalue weighted by atomic mass is 9.82. The van der Waals surface area contributed by atoms with Crippen LogP contribution in [0.1, 0.15) is 26.7 Å². The fourth-order valence-electron chi connectivity index (χ4n) is 2.16. The zero-order valence-corrected chi connectivity index (χ0v) is 7.70. The normalized spacial score (nSPS) is 36.5. The average Bonchev–Trinajstić information content (AvgIpc) is 2.40. The van der Waals surface area contributed by atoms with Crippen molar-refractivity contribution in [2.24, 2.45) is 5.41 Å². The lowest BCUT2D eigenvalue weighted by Gasteiger charge is -2.10. The van der Waals surface area contributed by atoms with Gasteiger partial charge < -0.3 is 9.47 Å². The predicted octanol–water partition coefficient (Wildman–Crippen LogP) is 0.644. The minimum atomic E-state index is -0.973. The second-order valence-electron chi connectivity index (χ2n) is 3.92. The summed E-state index contributed by atoms with van der Waals surface area (Å²) >= 11 is 0. The van der Waals surface area contributed by atoms with Gasteiger partial charge in [0.15, 0.2) is 5.41 Å². The molecule has 2 saturated heterocycles. The fourth-order valence-corrected chi connectivity index (χ4v) is 2.16. The smallest absolute Gasteiger partial charge is 0.324 e. The first-order chi connectivity index (χ1) is 6.04. The third-order valence-electron chi connectivity index (χ3n) is 2.67. The van der Waals surface area contributed by atoms with E-state index in [2.05, 4.69) is 0 Å². The molecular weight excluding hydrogens is 172 g/mol. The van der Waals surface area contributed by atoms with Gasteiger partial charge >= 0.3 is 11.9 Å². The topological polar surface area (TPSA) is 52.6 Å². The molecule has 0 aliphatic carbocycles.